The lowest BCUT2D eigenvalue weighted by atomic mass is 10.3. The van der Waals surface area contributed by atoms with Crippen LogP contribution in [-0.2, 0) is 0 Å². The molecule has 5 nitrogen and oxygen atoms in total. The lowest BCUT2D eigenvalue weighted by molar-refractivity contribution is 0.878. The minimum atomic E-state index is 0.332. The molecule has 0 aliphatic heterocycles. The van der Waals surface area contributed by atoms with Crippen LogP contribution in [0.2, 0.25) is 0 Å². The smallest absolute Gasteiger partial charge is 0.145 e. The molecular formula is C9H9N5. The topological polar surface area (TPSA) is 76.6 Å². The third-order valence-electron chi connectivity index (χ3n) is 1.72. The first kappa shape index (κ1) is 9.94. The van der Waals surface area contributed by atoms with Crippen molar-refractivity contribution in [3.63, 3.8) is 0 Å². The molecule has 0 saturated carbocycles. The van der Waals surface area contributed by atoms with Gasteiger partial charge in [-0.1, -0.05) is 0 Å². The fraction of sp³-hybridized carbons (Fsp3) is 0.333. The van der Waals surface area contributed by atoms with Crippen LogP contribution in [0.1, 0.15) is 12.1 Å². The molecule has 0 fully saturated rings. The fourth-order valence-electron chi connectivity index (χ4n) is 0.949. The zero-order valence-electron chi connectivity index (χ0n) is 7.80. The van der Waals surface area contributed by atoms with Crippen LogP contribution in [0.25, 0.3) is 0 Å². The quantitative estimate of drug-likeness (QED) is 0.696. The van der Waals surface area contributed by atoms with Crippen LogP contribution in [0, 0.1) is 22.7 Å². The molecule has 0 bridgehead atoms. The maximum absolute atomic E-state index is 8.61. The summed E-state index contributed by atoms with van der Waals surface area (Å²) in [5.74, 6) is 0.659. The number of nitrogens with zero attached hydrogens (tertiary/aromatic N) is 5. The Morgan fingerprint density at radius 2 is 2.21 bits per heavy atom. The van der Waals surface area contributed by atoms with Crippen molar-refractivity contribution < 1.29 is 0 Å². The number of rotatable bonds is 3. The third-order valence-corrected chi connectivity index (χ3v) is 1.72. The van der Waals surface area contributed by atoms with Crippen molar-refractivity contribution in [3.8, 4) is 12.1 Å². The van der Waals surface area contributed by atoms with E-state index in [1.54, 1.807) is 6.07 Å². The van der Waals surface area contributed by atoms with E-state index in [1.165, 1.54) is 6.33 Å². The summed E-state index contributed by atoms with van der Waals surface area (Å²) in [7, 11) is 1.82. The molecule has 0 aliphatic carbocycles. The molecule has 0 unspecified atom stereocenters. The zero-order valence-corrected chi connectivity index (χ0v) is 7.80. The van der Waals surface area contributed by atoms with Crippen LogP contribution < -0.4 is 4.90 Å². The molecule has 1 rings (SSSR count). The molecule has 1 heterocycles. The summed E-state index contributed by atoms with van der Waals surface area (Å²) in [4.78, 5) is 9.56. The van der Waals surface area contributed by atoms with Crippen molar-refractivity contribution in [3.05, 3.63) is 18.1 Å². The molecule has 70 valence electrons. The standard InChI is InChI=1S/C9H9N5/c1-14(4-2-3-10)9-5-8(6-11)12-7-13-9/h5,7H,2,4H2,1H3. The number of aromatic nitrogens is 2. The van der Waals surface area contributed by atoms with Gasteiger partial charge in [-0.25, -0.2) is 9.97 Å². The average molecular weight is 187 g/mol. The normalized spacial score (nSPS) is 8.79. The van der Waals surface area contributed by atoms with E-state index in [1.807, 2.05) is 24.1 Å². The molecule has 0 N–H and O–H groups in total. The van der Waals surface area contributed by atoms with E-state index in [2.05, 4.69) is 9.97 Å². The highest BCUT2D eigenvalue weighted by atomic mass is 15.2. The predicted octanol–water partition coefficient (Wildman–Crippen LogP) is 0.698. The van der Waals surface area contributed by atoms with E-state index >= 15 is 0 Å². The van der Waals surface area contributed by atoms with E-state index in [9.17, 15) is 0 Å². The molecular weight excluding hydrogens is 178 g/mol. The SMILES string of the molecule is CN(CCC#N)c1cc(C#N)ncn1. The van der Waals surface area contributed by atoms with Gasteiger partial charge in [-0.3, -0.25) is 0 Å². The molecule has 0 atom stereocenters. The first-order valence-electron chi connectivity index (χ1n) is 4.08. The predicted molar refractivity (Wildman–Crippen MR) is 50.2 cm³/mol. The van der Waals surface area contributed by atoms with Gasteiger partial charge in [0, 0.05) is 19.7 Å². The van der Waals surface area contributed by atoms with Crippen LogP contribution in [-0.4, -0.2) is 23.6 Å². The Morgan fingerprint density at radius 3 is 2.86 bits per heavy atom. The molecule has 5 heteroatoms. The summed E-state index contributed by atoms with van der Waals surface area (Å²) in [5.41, 5.74) is 0.332. The Morgan fingerprint density at radius 1 is 1.43 bits per heavy atom. The summed E-state index contributed by atoms with van der Waals surface area (Å²) in [5, 5.41) is 17.0. The molecule has 0 saturated heterocycles. The first-order valence-corrected chi connectivity index (χ1v) is 4.08. The number of hydrogen-bond acceptors (Lipinski definition) is 5. The average Bonchev–Trinajstić information content (AvgIpc) is 2.26. The van der Waals surface area contributed by atoms with Crippen LogP contribution in [0.4, 0.5) is 5.82 Å². The van der Waals surface area contributed by atoms with Gasteiger partial charge < -0.3 is 4.90 Å². The van der Waals surface area contributed by atoms with Crippen LogP contribution in [0.3, 0.4) is 0 Å². The molecule has 0 radical (unpaired) electrons. The lowest BCUT2D eigenvalue weighted by Gasteiger charge is -2.15. The van der Waals surface area contributed by atoms with E-state index < -0.39 is 0 Å². The minimum Gasteiger partial charge on any atom is -0.359 e. The molecule has 1 aromatic rings. The Labute approximate surface area is 82.2 Å². The van der Waals surface area contributed by atoms with Crippen molar-refractivity contribution >= 4 is 5.82 Å². The second-order valence-electron chi connectivity index (χ2n) is 2.70. The van der Waals surface area contributed by atoms with Crippen LogP contribution in [0.15, 0.2) is 12.4 Å². The lowest BCUT2D eigenvalue weighted by Crippen LogP contribution is -2.19. The van der Waals surface area contributed by atoms with E-state index in [-0.39, 0.29) is 0 Å². The highest BCUT2D eigenvalue weighted by molar-refractivity contribution is 5.40. The Bertz CT molecular complexity index is 387. The summed E-state index contributed by atoms with van der Waals surface area (Å²) in [6.07, 6.45) is 1.78. The summed E-state index contributed by atoms with van der Waals surface area (Å²) >= 11 is 0. The van der Waals surface area contributed by atoms with Gasteiger partial charge in [-0.15, -0.1) is 0 Å². The van der Waals surface area contributed by atoms with Gasteiger partial charge in [-0.05, 0) is 0 Å². The second kappa shape index (κ2) is 4.78. The Hall–Kier alpha value is -2.14. The van der Waals surface area contributed by atoms with Gasteiger partial charge in [0.1, 0.15) is 23.9 Å². The largest absolute Gasteiger partial charge is 0.359 e. The van der Waals surface area contributed by atoms with Crippen molar-refractivity contribution in [2.45, 2.75) is 6.42 Å². The Kier molecular flexibility index (Phi) is 3.40. The summed E-state index contributed by atoms with van der Waals surface area (Å²) < 4.78 is 0. The van der Waals surface area contributed by atoms with Crippen molar-refractivity contribution in [2.75, 3.05) is 18.5 Å². The van der Waals surface area contributed by atoms with Crippen molar-refractivity contribution in [1.82, 2.24) is 9.97 Å². The van der Waals surface area contributed by atoms with Crippen LogP contribution in [0.5, 0.6) is 0 Å². The van der Waals surface area contributed by atoms with Gasteiger partial charge in [0.15, 0.2) is 0 Å². The maximum Gasteiger partial charge on any atom is 0.145 e. The number of nitriles is 2. The maximum atomic E-state index is 8.61. The van der Waals surface area contributed by atoms with Gasteiger partial charge in [0.25, 0.3) is 0 Å². The highest BCUT2D eigenvalue weighted by Gasteiger charge is 2.02. The zero-order chi connectivity index (χ0) is 10.4. The molecule has 1 aromatic heterocycles. The first-order chi connectivity index (χ1) is 6.77. The van der Waals surface area contributed by atoms with E-state index in [0.29, 0.717) is 24.5 Å². The highest BCUT2D eigenvalue weighted by Crippen LogP contribution is 2.08. The van der Waals surface area contributed by atoms with E-state index in [4.69, 9.17) is 10.5 Å². The molecule has 14 heavy (non-hydrogen) atoms. The van der Waals surface area contributed by atoms with Gasteiger partial charge >= 0.3 is 0 Å². The molecule has 0 spiro atoms. The summed E-state index contributed by atoms with van der Waals surface area (Å²) in [6, 6.07) is 5.58. The second-order valence-corrected chi connectivity index (χ2v) is 2.70. The molecule has 0 aromatic carbocycles. The summed E-state index contributed by atoms with van der Waals surface area (Å²) in [6.45, 7) is 0.596. The van der Waals surface area contributed by atoms with E-state index in [0.717, 1.165) is 0 Å². The van der Waals surface area contributed by atoms with Crippen LogP contribution >= 0.6 is 0 Å². The van der Waals surface area contributed by atoms with Crippen molar-refractivity contribution in [1.29, 1.82) is 10.5 Å². The Balaban J connectivity index is 2.76. The van der Waals surface area contributed by atoms with Crippen molar-refractivity contribution in [2.24, 2.45) is 0 Å². The monoisotopic (exact) mass is 187 g/mol. The minimum absolute atomic E-state index is 0.332. The third kappa shape index (κ3) is 2.43. The number of anilines is 1. The number of hydrogen-bond donors (Lipinski definition) is 0. The van der Waals surface area contributed by atoms with Gasteiger partial charge in [0.05, 0.1) is 12.5 Å². The molecule has 0 amide bonds. The fourth-order valence-corrected chi connectivity index (χ4v) is 0.949. The molecule has 0 aliphatic rings. The van der Waals surface area contributed by atoms with Gasteiger partial charge in [-0.2, -0.15) is 10.5 Å². The van der Waals surface area contributed by atoms with Gasteiger partial charge in [0.2, 0.25) is 0 Å².